The Labute approximate surface area is 226 Å². The fourth-order valence-corrected chi connectivity index (χ4v) is 5.56. The third-order valence-corrected chi connectivity index (χ3v) is 7.58. The third-order valence-electron chi connectivity index (χ3n) is 6.68. The SMILES string of the molecule is Fc1c(-c2cncc(CNCc3ccccc3)c2)ccc2[nH]nc(-c3nc4nccc(-c5cccs5)c4[nH]3)c12. The van der Waals surface area contributed by atoms with Crippen LogP contribution in [0.15, 0.2) is 90.7 Å². The number of fused-ring (bicyclic) bond motifs is 2. The first-order chi connectivity index (χ1) is 19.2. The molecule has 9 heteroatoms. The zero-order valence-corrected chi connectivity index (χ0v) is 21.5. The van der Waals surface area contributed by atoms with Crippen LogP contribution in [0.4, 0.5) is 4.39 Å². The van der Waals surface area contributed by atoms with Gasteiger partial charge in [0.05, 0.1) is 16.4 Å². The van der Waals surface area contributed by atoms with Crippen LogP contribution in [0.2, 0.25) is 0 Å². The smallest absolute Gasteiger partial charge is 0.178 e. The molecule has 0 aliphatic heterocycles. The molecule has 0 spiro atoms. The fraction of sp³-hybridized carbons (Fsp3) is 0.0667. The maximum absolute atomic E-state index is 16.1. The molecule has 5 aromatic heterocycles. The number of nitrogens with zero attached hydrogens (tertiary/aromatic N) is 4. The number of H-pyrrole nitrogens is 2. The van der Waals surface area contributed by atoms with Crippen molar-refractivity contribution in [2.75, 3.05) is 0 Å². The van der Waals surface area contributed by atoms with Crippen LogP contribution < -0.4 is 5.32 Å². The van der Waals surface area contributed by atoms with Crippen molar-refractivity contribution in [2.45, 2.75) is 13.1 Å². The van der Waals surface area contributed by atoms with Gasteiger partial charge < -0.3 is 10.3 Å². The Hall–Kier alpha value is -4.73. The Morgan fingerprint density at radius 3 is 2.67 bits per heavy atom. The standard InChI is InChI=1S/C30H22FN7S/c31-26-21(20-13-19(16-33-17-20)15-32-14-18-5-2-1-3-6-18)8-9-23-25(26)28(38-37-23)30-35-27-22(24-7-4-12-39-24)10-11-34-29(27)36-30/h1-13,16-17,32H,14-15H2,(H,37,38)(H,34,35,36). The Morgan fingerprint density at radius 2 is 1.79 bits per heavy atom. The molecule has 7 aromatic rings. The molecule has 190 valence electrons. The normalized spacial score (nSPS) is 11.5. The van der Waals surface area contributed by atoms with Crippen molar-refractivity contribution in [3.63, 3.8) is 0 Å². The minimum Gasteiger partial charge on any atom is -0.335 e. The number of halogens is 1. The number of nitrogens with one attached hydrogen (secondary N) is 3. The van der Waals surface area contributed by atoms with Crippen LogP contribution in [0.1, 0.15) is 11.1 Å². The summed E-state index contributed by atoms with van der Waals surface area (Å²) in [6.07, 6.45) is 5.22. The minimum absolute atomic E-state index is 0.372. The van der Waals surface area contributed by atoms with Crippen LogP contribution >= 0.6 is 11.3 Å². The summed E-state index contributed by atoms with van der Waals surface area (Å²) in [4.78, 5) is 17.9. The average Bonchev–Trinajstić information content (AvgIpc) is 3.74. The highest BCUT2D eigenvalue weighted by Crippen LogP contribution is 2.35. The van der Waals surface area contributed by atoms with Crippen molar-refractivity contribution in [2.24, 2.45) is 0 Å². The first kappa shape index (κ1) is 23.4. The first-order valence-corrected chi connectivity index (χ1v) is 13.4. The van der Waals surface area contributed by atoms with E-state index in [0.29, 0.717) is 45.7 Å². The second-order valence-corrected chi connectivity index (χ2v) is 10.2. The molecule has 0 amide bonds. The van der Waals surface area contributed by atoms with E-state index in [1.807, 2.05) is 47.8 Å². The zero-order valence-electron chi connectivity index (χ0n) is 20.6. The number of pyridine rings is 2. The lowest BCUT2D eigenvalue weighted by Gasteiger charge is -2.09. The number of hydrogen-bond donors (Lipinski definition) is 3. The molecule has 0 bridgehead atoms. The maximum Gasteiger partial charge on any atom is 0.178 e. The third kappa shape index (κ3) is 4.37. The number of imidazole rings is 1. The van der Waals surface area contributed by atoms with Gasteiger partial charge in [-0.15, -0.1) is 11.3 Å². The first-order valence-electron chi connectivity index (χ1n) is 12.5. The van der Waals surface area contributed by atoms with Crippen LogP contribution in [0, 0.1) is 5.82 Å². The topological polar surface area (TPSA) is 95.2 Å². The van der Waals surface area contributed by atoms with Gasteiger partial charge in [-0.25, -0.2) is 14.4 Å². The Morgan fingerprint density at radius 1 is 0.897 bits per heavy atom. The zero-order chi connectivity index (χ0) is 26.2. The Balaban J connectivity index is 1.23. The van der Waals surface area contributed by atoms with Crippen molar-refractivity contribution in [3.8, 4) is 33.1 Å². The van der Waals surface area contributed by atoms with Crippen molar-refractivity contribution >= 4 is 33.4 Å². The molecule has 0 saturated carbocycles. The van der Waals surface area contributed by atoms with Crippen LogP contribution in [-0.2, 0) is 13.1 Å². The molecule has 7 nitrogen and oxygen atoms in total. The lowest BCUT2D eigenvalue weighted by Crippen LogP contribution is -2.12. The van der Waals surface area contributed by atoms with E-state index in [2.05, 4.69) is 53.6 Å². The van der Waals surface area contributed by atoms with Crippen molar-refractivity contribution in [3.05, 3.63) is 108 Å². The van der Waals surface area contributed by atoms with Gasteiger partial charge >= 0.3 is 0 Å². The van der Waals surface area contributed by atoms with Crippen LogP contribution in [0.25, 0.3) is 55.2 Å². The van der Waals surface area contributed by atoms with E-state index in [1.54, 1.807) is 36.0 Å². The molecule has 0 atom stereocenters. The molecule has 39 heavy (non-hydrogen) atoms. The second kappa shape index (κ2) is 9.86. The predicted molar refractivity (Wildman–Crippen MR) is 152 cm³/mol. The molecular formula is C30H22FN7S. The number of benzene rings is 2. The van der Waals surface area contributed by atoms with E-state index >= 15 is 4.39 Å². The molecule has 0 radical (unpaired) electrons. The number of aromatic nitrogens is 6. The molecule has 0 saturated heterocycles. The Bertz CT molecular complexity index is 1910. The largest absolute Gasteiger partial charge is 0.335 e. The summed E-state index contributed by atoms with van der Waals surface area (Å²) in [5, 5.41) is 13.2. The quantitative estimate of drug-likeness (QED) is 0.212. The van der Waals surface area contributed by atoms with Crippen LogP contribution in [-0.4, -0.2) is 30.1 Å². The molecule has 0 unspecified atom stereocenters. The monoisotopic (exact) mass is 531 g/mol. The molecule has 0 aliphatic carbocycles. The molecule has 7 rings (SSSR count). The molecule has 0 aliphatic rings. The maximum atomic E-state index is 16.1. The minimum atomic E-state index is -0.376. The fourth-order valence-electron chi connectivity index (χ4n) is 4.81. The summed E-state index contributed by atoms with van der Waals surface area (Å²) in [7, 11) is 0. The van der Waals surface area contributed by atoms with Crippen molar-refractivity contribution in [1.82, 2.24) is 35.5 Å². The van der Waals surface area contributed by atoms with Crippen LogP contribution in [0.3, 0.4) is 0 Å². The lowest BCUT2D eigenvalue weighted by molar-refractivity contribution is 0.643. The molecule has 0 fully saturated rings. The van der Waals surface area contributed by atoms with Gasteiger partial charge in [-0.05, 0) is 46.8 Å². The van der Waals surface area contributed by atoms with E-state index < -0.39 is 0 Å². The predicted octanol–water partition coefficient (Wildman–Crippen LogP) is 6.72. The van der Waals surface area contributed by atoms with E-state index in [4.69, 9.17) is 0 Å². The van der Waals surface area contributed by atoms with Gasteiger partial charge in [0.1, 0.15) is 11.5 Å². The lowest BCUT2D eigenvalue weighted by atomic mass is 10.0. The molecular weight excluding hydrogens is 509 g/mol. The van der Waals surface area contributed by atoms with Crippen molar-refractivity contribution in [1.29, 1.82) is 0 Å². The molecule has 5 heterocycles. The summed E-state index contributed by atoms with van der Waals surface area (Å²) in [5.41, 5.74) is 6.68. The summed E-state index contributed by atoms with van der Waals surface area (Å²) < 4.78 is 16.1. The van der Waals surface area contributed by atoms with Gasteiger partial charge in [0.25, 0.3) is 0 Å². The molecule has 3 N–H and O–H groups in total. The van der Waals surface area contributed by atoms with Gasteiger partial charge in [0.15, 0.2) is 11.5 Å². The van der Waals surface area contributed by atoms with Gasteiger partial charge in [0.2, 0.25) is 0 Å². The summed E-state index contributed by atoms with van der Waals surface area (Å²) in [5.74, 6) is 0.0835. The van der Waals surface area contributed by atoms with Gasteiger partial charge in [0, 0.05) is 53.2 Å². The number of hydrogen-bond acceptors (Lipinski definition) is 6. The number of rotatable bonds is 7. The van der Waals surface area contributed by atoms with Crippen molar-refractivity contribution < 1.29 is 4.39 Å². The van der Waals surface area contributed by atoms with E-state index in [1.165, 1.54) is 5.56 Å². The number of thiophene rings is 1. The number of aromatic amines is 2. The van der Waals surface area contributed by atoms with E-state index in [0.717, 1.165) is 28.1 Å². The summed E-state index contributed by atoms with van der Waals surface area (Å²) in [6, 6.07) is 21.8. The summed E-state index contributed by atoms with van der Waals surface area (Å²) >= 11 is 1.64. The average molecular weight is 532 g/mol. The highest BCUT2D eigenvalue weighted by atomic mass is 32.1. The molecule has 2 aromatic carbocycles. The van der Waals surface area contributed by atoms with E-state index in [-0.39, 0.29) is 5.82 Å². The van der Waals surface area contributed by atoms with Gasteiger partial charge in [-0.2, -0.15) is 5.10 Å². The summed E-state index contributed by atoms with van der Waals surface area (Å²) in [6.45, 7) is 1.36. The van der Waals surface area contributed by atoms with Gasteiger partial charge in [-0.1, -0.05) is 36.4 Å². The van der Waals surface area contributed by atoms with Gasteiger partial charge in [-0.3, -0.25) is 10.1 Å². The van der Waals surface area contributed by atoms with Crippen LogP contribution in [0.5, 0.6) is 0 Å². The highest BCUT2D eigenvalue weighted by molar-refractivity contribution is 7.13. The second-order valence-electron chi connectivity index (χ2n) is 9.21. The highest BCUT2D eigenvalue weighted by Gasteiger charge is 2.21. The van der Waals surface area contributed by atoms with E-state index in [9.17, 15) is 0 Å². The Kier molecular flexibility index (Phi) is 5.92.